The fourth-order valence-corrected chi connectivity index (χ4v) is 4.84. The van der Waals surface area contributed by atoms with Crippen LogP contribution in [0, 0.1) is 0 Å². The van der Waals surface area contributed by atoms with Crippen LogP contribution >= 0.6 is 23.4 Å². The van der Waals surface area contributed by atoms with E-state index in [1.165, 1.54) is 0 Å². The second-order valence-corrected chi connectivity index (χ2v) is 9.87. The molecule has 1 fully saturated rings. The van der Waals surface area contributed by atoms with E-state index in [0.29, 0.717) is 17.3 Å². The molecule has 0 aromatic heterocycles. The van der Waals surface area contributed by atoms with Crippen LogP contribution < -0.4 is 0 Å². The molecule has 0 bridgehead atoms. The van der Waals surface area contributed by atoms with Crippen LogP contribution in [0.3, 0.4) is 0 Å². The highest BCUT2D eigenvalue weighted by Gasteiger charge is 2.45. The lowest BCUT2D eigenvalue weighted by Gasteiger charge is -2.33. The van der Waals surface area contributed by atoms with E-state index in [1.54, 1.807) is 40.7 Å². The molecule has 1 saturated heterocycles. The molecule has 2 aromatic carbocycles. The van der Waals surface area contributed by atoms with Crippen molar-refractivity contribution in [1.82, 2.24) is 9.80 Å². The number of carbonyl (C=O) groups excluding carboxylic acids is 2. The third-order valence-electron chi connectivity index (χ3n) is 4.68. The first-order valence-electron chi connectivity index (χ1n) is 9.83. The summed E-state index contributed by atoms with van der Waals surface area (Å²) in [6.45, 7) is 5.95. The Labute approximate surface area is 187 Å². The third-order valence-corrected chi connectivity index (χ3v) is 6.26. The summed E-state index contributed by atoms with van der Waals surface area (Å²) in [5.74, 6) is 0.401. The first-order valence-corrected chi connectivity index (χ1v) is 11.3. The van der Waals surface area contributed by atoms with Crippen molar-refractivity contribution in [2.75, 3.05) is 12.8 Å². The fraction of sp³-hybridized carbons (Fsp3) is 0.391. The lowest BCUT2D eigenvalue weighted by molar-refractivity contribution is -0.135. The number of halogens is 1. The van der Waals surface area contributed by atoms with Crippen LogP contribution in [0.2, 0.25) is 5.02 Å². The first kappa shape index (κ1) is 22.5. The molecule has 1 aliphatic heterocycles. The Balaban J connectivity index is 1.84. The summed E-state index contributed by atoms with van der Waals surface area (Å²) >= 11 is 7.59. The second kappa shape index (κ2) is 9.31. The minimum absolute atomic E-state index is 0.103. The number of carbonyl (C=O) groups is 2. The Kier molecular flexibility index (Phi) is 6.98. The van der Waals surface area contributed by atoms with Crippen LogP contribution in [0.1, 0.15) is 37.3 Å². The van der Waals surface area contributed by atoms with Crippen molar-refractivity contribution in [3.05, 3.63) is 70.7 Å². The topological polar surface area (TPSA) is 49.9 Å². The lowest BCUT2D eigenvalue weighted by Crippen LogP contribution is -2.49. The molecule has 0 saturated carbocycles. The Bertz CT molecular complexity index is 884. The maximum absolute atomic E-state index is 13.3. The van der Waals surface area contributed by atoms with Gasteiger partial charge in [0.25, 0.3) is 0 Å². The van der Waals surface area contributed by atoms with Crippen LogP contribution in [0.5, 0.6) is 0 Å². The minimum Gasteiger partial charge on any atom is -0.444 e. The molecule has 1 heterocycles. The molecule has 2 aromatic rings. The van der Waals surface area contributed by atoms with Gasteiger partial charge in [-0.05, 0) is 44.0 Å². The molecule has 0 unspecified atom stereocenters. The van der Waals surface area contributed by atoms with Gasteiger partial charge in [0.15, 0.2) is 0 Å². The summed E-state index contributed by atoms with van der Waals surface area (Å²) in [5, 5.41) is 0.317. The number of amides is 2. The van der Waals surface area contributed by atoms with Crippen molar-refractivity contribution in [1.29, 1.82) is 0 Å². The molecule has 0 aliphatic carbocycles. The van der Waals surface area contributed by atoms with Crippen molar-refractivity contribution in [2.45, 2.75) is 44.3 Å². The normalized spacial score (nSPS) is 18.9. The summed E-state index contributed by atoms with van der Waals surface area (Å²) in [7, 11) is 1.77. The van der Waals surface area contributed by atoms with Gasteiger partial charge in [0, 0.05) is 24.4 Å². The maximum atomic E-state index is 13.3. The van der Waals surface area contributed by atoms with Gasteiger partial charge in [0.2, 0.25) is 5.91 Å². The van der Waals surface area contributed by atoms with E-state index >= 15 is 0 Å². The van der Waals surface area contributed by atoms with Crippen molar-refractivity contribution < 1.29 is 14.3 Å². The van der Waals surface area contributed by atoms with Gasteiger partial charge in [-0.15, -0.1) is 11.8 Å². The predicted molar refractivity (Wildman–Crippen MR) is 121 cm³/mol. The molecule has 0 spiro atoms. The average Bonchev–Trinajstić information content (AvgIpc) is 3.12. The van der Waals surface area contributed by atoms with Crippen LogP contribution in [-0.2, 0) is 16.1 Å². The molecule has 7 heteroatoms. The van der Waals surface area contributed by atoms with E-state index in [-0.39, 0.29) is 11.3 Å². The number of likely N-dealkylation sites (N-methyl/N-ethyl adjacent to an activating group) is 1. The molecule has 0 N–H and O–H groups in total. The molecule has 3 rings (SSSR count). The molecule has 1 aliphatic rings. The third kappa shape index (κ3) is 5.49. The van der Waals surface area contributed by atoms with Crippen molar-refractivity contribution in [3.8, 4) is 0 Å². The minimum atomic E-state index is -0.654. The van der Waals surface area contributed by atoms with Gasteiger partial charge in [0.05, 0.1) is 0 Å². The van der Waals surface area contributed by atoms with Gasteiger partial charge < -0.3 is 9.64 Å². The number of hydrogen-bond donors (Lipinski definition) is 0. The van der Waals surface area contributed by atoms with Crippen LogP contribution in [-0.4, -0.2) is 46.2 Å². The van der Waals surface area contributed by atoms with E-state index in [1.807, 2.05) is 63.2 Å². The first-order chi connectivity index (χ1) is 14.2. The Hall–Kier alpha value is -2.18. The number of nitrogens with zero attached hydrogens (tertiary/aromatic N) is 2. The molecule has 2 atom stereocenters. The highest BCUT2D eigenvalue weighted by atomic mass is 35.5. The van der Waals surface area contributed by atoms with Gasteiger partial charge in [0.1, 0.15) is 17.0 Å². The van der Waals surface area contributed by atoms with Gasteiger partial charge in [-0.2, -0.15) is 0 Å². The van der Waals surface area contributed by atoms with Gasteiger partial charge >= 0.3 is 6.09 Å². The second-order valence-electron chi connectivity index (χ2n) is 8.32. The number of rotatable bonds is 4. The van der Waals surface area contributed by atoms with E-state index in [9.17, 15) is 9.59 Å². The number of thioether (sulfide) groups is 1. The predicted octanol–water partition coefficient (Wildman–Crippen LogP) is 5.35. The molecule has 5 nitrogen and oxygen atoms in total. The Morgan fingerprint density at radius 2 is 1.77 bits per heavy atom. The fourth-order valence-electron chi connectivity index (χ4n) is 3.31. The highest BCUT2D eigenvalue weighted by molar-refractivity contribution is 7.99. The molecular weight excluding hydrogens is 420 g/mol. The molecule has 160 valence electrons. The molecule has 30 heavy (non-hydrogen) atoms. The van der Waals surface area contributed by atoms with E-state index in [0.717, 1.165) is 11.1 Å². The zero-order valence-corrected chi connectivity index (χ0v) is 19.2. The van der Waals surface area contributed by atoms with E-state index in [2.05, 4.69) is 0 Å². The zero-order chi connectivity index (χ0) is 21.9. The van der Waals surface area contributed by atoms with Crippen LogP contribution in [0.25, 0.3) is 0 Å². The molecule has 2 amide bonds. The van der Waals surface area contributed by atoms with E-state index < -0.39 is 17.7 Å². The summed E-state index contributed by atoms with van der Waals surface area (Å²) in [6, 6.07) is 16.6. The van der Waals surface area contributed by atoms with Gasteiger partial charge in [-0.25, -0.2) is 4.79 Å². The number of hydrogen-bond acceptors (Lipinski definition) is 4. The summed E-state index contributed by atoms with van der Waals surface area (Å²) in [6.07, 6.45) is -0.487. The average molecular weight is 447 g/mol. The standard InChI is InChI=1S/C23H27ClN2O3S/c1-23(2,3)29-22(28)26-19(15-30-21(26)17-10-12-18(24)13-11-17)20(27)25(4)14-16-8-6-5-7-9-16/h5-13,19,21H,14-15H2,1-4H3/t19-,21+/m0/s1. The molecule has 0 radical (unpaired) electrons. The van der Waals surface area contributed by atoms with Crippen LogP contribution in [0.4, 0.5) is 4.79 Å². The lowest BCUT2D eigenvalue weighted by atomic mass is 10.1. The van der Waals surface area contributed by atoms with Crippen LogP contribution in [0.15, 0.2) is 54.6 Å². The largest absolute Gasteiger partial charge is 0.444 e. The van der Waals surface area contributed by atoms with Gasteiger partial charge in [-0.1, -0.05) is 54.1 Å². The Morgan fingerprint density at radius 3 is 2.37 bits per heavy atom. The monoisotopic (exact) mass is 446 g/mol. The summed E-state index contributed by atoms with van der Waals surface area (Å²) in [5.41, 5.74) is 1.30. The van der Waals surface area contributed by atoms with Crippen molar-refractivity contribution in [2.24, 2.45) is 0 Å². The maximum Gasteiger partial charge on any atom is 0.412 e. The van der Waals surface area contributed by atoms with E-state index in [4.69, 9.17) is 16.3 Å². The SMILES string of the molecule is CN(Cc1ccccc1)C(=O)[C@@H]1CS[C@H](c2ccc(Cl)cc2)N1C(=O)OC(C)(C)C. The van der Waals surface area contributed by atoms with Crippen molar-refractivity contribution in [3.63, 3.8) is 0 Å². The quantitative estimate of drug-likeness (QED) is 0.635. The number of ether oxygens (including phenoxy) is 1. The zero-order valence-electron chi connectivity index (χ0n) is 17.7. The van der Waals surface area contributed by atoms with Crippen molar-refractivity contribution >= 4 is 35.4 Å². The summed E-state index contributed by atoms with van der Waals surface area (Å²) in [4.78, 5) is 29.6. The van der Waals surface area contributed by atoms with Gasteiger partial charge in [-0.3, -0.25) is 9.69 Å². The molecular formula is C23H27ClN2O3S. The Morgan fingerprint density at radius 1 is 1.13 bits per heavy atom. The number of benzene rings is 2. The highest BCUT2D eigenvalue weighted by Crippen LogP contribution is 2.43. The smallest absolute Gasteiger partial charge is 0.412 e. The summed E-state index contributed by atoms with van der Waals surface area (Å²) < 4.78 is 5.65.